The Morgan fingerprint density at radius 2 is 1.44 bits per heavy atom. The van der Waals surface area contributed by atoms with Crippen LogP contribution in [-0.4, -0.2) is 50.8 Å². The van der Waals surface area contributed by atoms with Crippen molar-refractivity contribution in [2.75, 3.05) is 0 Å². The number of amides is 2. The molecule has 1 aromatic heterocycles. The molecule has 0 aliphatic heterocycles. The molecule has 0 unspecified atom stereocenters. The molecule has 3 aromatic rings. The molecule has 5 N–H and O–H groups in total. The van der Waals surface area contributed by atoms with Gasteiger partial charge in [-0.2, -0.15) is 0 Å². The largest absolute Gasteiger partial charge is 0.490 e. The van der Waals surface area contributed by atoms with Gasteiger partial charge in [0, 0.05) is 24.3 Å². The number of ether oxygens (including phenoxy) is 2. The van der Waals surface area contributed by atoms with Gasteiger partial charge in [-0.15, -0.1) is 0 Å². The van der Waals surface area contributed by atoms with Crippen LogP contribution in [0.4, 0.5) is 4.79 Å². The van der Waals surface area contributed by atoms with E-state index in [1.807, 2.05) is 36.4 Å². The summed E-state index contributed by atoms with van der Waals surface area (Å²) in [5.74, 6) is 2.09. The molecular formula is C27H27N5O7. The molecule has 1 saturated carbocycles. The molecule has 4 rings (SSSR count). The van der Waals surface area contributed by atoms with E-state index in [-0.39, 0.29) is 23.3 Å². The Labute approximate surface area is 223 Å². The zero-order valence-corrected chi connectivity index (χ0v) is 21.2. The van der Waals surface area contributed by atoms with Crippen LogP contribution in [0.2, 0.25) is 0 Å². The minimum absolute atomic E-state index is 0.00417. The summed E-state index contributed by atoms with van der Waals surface area (Å²) in [4.78, 5) is 53.0. The summed E-state index contributed by atoms with van der Waals surface area (Å²) in [6.07, 6.45) is 2.72. The van der Waals surface area contributed by atoms with Gasteiger partial charge in [0.15, 0.2) is 5.75 Å². The molecule has 0 saturated heterocycles. The highest BCUT2D eigenvalue weighted by Gasteiger charge is 2.32. The number of aromatic nitrogens is 2. The smallest absolute Gasteiger partial charge is 0.404 e. The summed E-state index contributed by atoms with van der Waals surface area (Å²) in [7, 11) is 0. The molecule has 1 fully saturated rings. The standard InChI is InChI=1S/C27H27N5O7/c1-27(2,15-3-7-18(8-4-15)38-20-11-17(12-20)31-26(36)37)16-5-9-19(10-6-16)39-21-13-29-24(30-14-21)22(33)23(34)25(35)32-28/h3-10,13-14,17,20,31H,11-12,28H2,1-2H3,(H,32,35)(H,36,37). The van der Waals surface area contributed by atoms with E-state index in [9.17, 15) is 19.2 Å². The highest BCUT2D eigenvalue weighted by molar-refractivity contribution is 6.66. The fourth-order valence-electron chi connectivity index (χ4n) is 4.10. The number of nitrogens with two attached hydrogens (primary N) is 1. The summed E-state index contributed by atoms with van der Waals surface area (Å²) in [6, 6.07) is 15.2. The number of carbonyl (C=O) groups excluding carboxylic acids is 3. The molecule has 1 aliphatic carbocycles. The SMILES string of the molecule is CC(C)(c1ccc(Oc2cnc(C(=O)C(=O)C(=O)NN)nc2)cc1)c1ccc(OC2CC(NC(=O)O)C2)cc1. The van der Waals surface area contributed by atoms with Gasteiger partial charge in [0.05, 0.1) is 12.4 Å². The van der Waals surface area contributed by atoms with Crippen LogP contribution in [0, 0.1) is 0 Å². The third kappa shape index (κ3) is 6.36. The van der Waals surface area contributed by atoms with Crippen molar-refractivity contribution in [2.45, 2.75) is 44.2 Å². The molecule has 0 radical (unpaired) electrons. The van der Waals surface area contributed by atoms with E-state index in [0.29, 0.717) is 18.6 Å². The topological polar surface area (TPSA) is 183 Å². The molecule has 202 valence electrons. The Morgan fingerprint density at radius 3 is 1.95 bits per heavy atom. The summed E-state index contributed by atoms with van der Waals surface area (Å²) in [6.45, 7) is 4.20. The first-order valence-electron chi connectivity index (χ1n) is 12.0. The van der Waals surface area contributed by atoms with Crippen LogP contribution < -0.4 is 26.1 Å². The van der Waals surface area contributed by atoms with Crippen molar-refractivity contribution in [2.24, 2.45) is 5.84 Å². The molecule has 1 heterocycles. The minimum Gasteiger partial charge on any atom is -0.490 e. The fraction of sp³-hybridized carbons (Fsp3) is 0.259. The number of hydrogen-bond donors (Lipinski definition) is 4. The number of benzene rings is 2. The van der Waals surface area contributed by atoms with E-state index in [4.69, 9.17) is 20.4 Å². The Balaban J connectivity index is 1.35. The van der Waals surface area contributed by atoms with Gasteiger partial charge in [-0.3, -0.25) is 19.8 Å². The maximum Gasteiger partial charge on any atom is 0.404 e. The number of carboxylic acid groups (broad SMARTS) is 1. The van der Waals surface area contributed by atoms with Crippen LogP contribution in [0.15, 0.2) is 60.9 Å². The van der Waals surface area contributed by atoms with Crippen molar-refractivity contribution >= 4 is 23.6 Å². The predicted molar refractivity (Wildman–Crippen MR) is 137 cm³/mol. The first kappa shape index (κ1) is 27.2. The first-order chi connectivity index (χ1) is 18.6. The summed E-state index contributed by atoms with van der Waals surface area (Å²) < 4.78 is 11.7. The lowest BCUT2D eigenvalue weighted by Gasteiger charge is -2.35. The van der Waals surface area contributed by atoms with E-state index in [1.54, 1.807) is 17.6 Å². The molecule has 12 nitrogen and oxygen atoms in total. The number of hydrogen-bond acceptors (Lipinski definition) is 9. The predicted octanol–water partition coefficient (Wildman–Crippen LogP) is 2.51. The van der Waals surface area contributed by atoms with E-state index in [1.165, 1.54) is 12.4 Å². The minimum atomic E-state index is -1.37. The van der Waals surface area contributed by atoms with Crippen molar-refractivity contribution in [3.8, 4) is 17.2 Å². The Morgan fingerprint density at radius 1 is 0.897 bits per heavy atom. The maximum atomic E-state index is 11.9. The van der Waals surface area contributed by atoms with E-state index in [2.05, 4.69) is 29.1 Å². The number of ketones is 2. The highest BCUT2D eigenvalue weighted by Crippen LogP contribution is 2.34. The summed E-state index contributed by atoms with van der Waals surface area (Å²) in [5, 5.41) is 11.2. The number of nitrogens with zero attached hydrogens (tertiary/aromatic N) is 2. The molecule has 39 heavy (non-hydrogen) atoms. The third-order valence-electron chi connectivity index (χ3n) is 6.49. The highest BCUT2D eigenvalue weighted by atomic mass is 16.5. The molecule has 0 atom stereocenters. The van der Waals surface area contributed by atoms with Gasteiger partial charge >= 0.3 is 12.0 Å². The average Bonchev–Trinajstić information content (AvgIpc) is 2.91. The van der Waals surface area contributed by atoms with Gasteiger partial charge in [-0.1, -0.05) is 38.1 Å². The van der Waals surface area contributed by atoms with Crippen LogP contribution >= 0.6 is 0 Å². The average molecular weight is 534 g/mol. The van der Waals surface area contributed by atoms with Gasteiger partial charge in [0.25, 0.3) is 11.6 Å². The summed E-state index contributed by atoms with van der Waals surface area (Å²) in [5.41, 5.74) is 3.39. The lowest BCUT2D eigenvalue weighted by molar-refractivity contribution is -0.135. The quantitative estimate of drug-likeness (QED) is 0.0754. The monoisotopic (exact) mass is 533 g/mol. The van der Waals surface area contributed by atoms with Crippen LogP contribution in [0.1, 0.15) is 48.4 Å². The van der Waals surface area contributed by atoms with Gasteiger partial charge in [0.1, 0.15) is 17.6 Å². The number of carbonyl (C=O) groups is 4. The van der Waals surface area contributed by atoms with Gasteiger partial charge < -0.3 is 19.9 Å². The molecule has 2 amide bonds. The van der Waals surface area contributed by atoms with Crippen molar-refractivity contribution in [3.63, 3.8) is 0 Å². The normalized spacial score (nSPS) is 16.4. The van der Waals surface area contributed by atoms with Gasteiger partial charge in [-0.25, -0.2) is 20.6 Å². The lowest BCUT2D eigenvalue weighted by Crippen LogP contribution is -2.48. The maximum absolute atomic E-state index is 11.9. The Bertz CT molecular complexity index is 1370. The van der Waals surface area contributed by atoms with Crippen molar-refractivity contribution in [1.29, 1.82) is 0 Å². The molecule has 1 aliphatic rings. The van der Waals surface area contributed by atoms with Crippen LogP contribution in [-0.2, 0) is 15.0 Å². The zero-order chi connectivity index (χ0) is 28.2. The van der Waals surface area contributed by atoms with Crippen LogP contribution in [0.3, 0.4) is 0 Å². The third-order valence-corrected chi connectivity index (χ3v) is 6.49. The van der Waals surface area contributed by atoms with Crippen molar-refractivity contribution in [3.05, 3.63) is 77.9 Å². The number of rotatable bonds is 10. The van der Waals surface area contributed by atoms with Gasteiger partial charge in [-0.05, 0) is 35.4 Å². The second kappa shape index (κ2) is 11.3. The Hall–Kier alpha value is -4.84. The number of Topliss-reactive ketones (excluding diaryl/α,β-unsaturated/α-hetero) is 2. The molecule has 12 heteroatoms. The van der Waals surface area contributed by atoms with E-state index >= 15 is 0 Å². The Kier molecular flexibility index (Phi) is 7.86. The molecule has 0 bridgehead atoms. The zero-order valence-electron chi connectivity index (χ0n) is 21.2. The number of hydrazine groups is 1. The lowest BCUT2D eigenvalue weighted by atomic mass is 9.78. The van der Waals surface area contributed by atoms with Crippen molar-refractivity contribution < 1.29 is 33.8 Å². The van der Waals surface area contributed by atoms with E-state index < -0.39 is 29.4 Å². The summed E-state index contributed by atoms with van der Waals surface area (Å²) >= 11 is 0. The second-order valence-corrected chi connectivity index (χ2v) is 9.51. The van der Waals surface area contributed by atoms with Crippen molar-refractivity contribution in [1.82, 2.24) is 20.7 Å². The van der Waals surface area contributed by atoms with Crippen LogP contribution in [0.25, 0.3) is 0 Å². The van der Waals surface area contributed by atoms with Crippen LogP contribution in [0.5, 0.6) is 17.2 Å². The second-order valence-electron chi connectivity index (χ2n) is 9.51. The number of nitrogens with one attached hydrogen (secondary N) is 2. The fourth-order valence-corrected chi connectivity index (χ4v) is 4.10. The first-order valence-corrected chi connectivity index (χ1v) is 12.0. The molecule has 2 aromatic carbocycles. The molecular weight excluding hydrogens is 506 g/mol. The molecule has 0 spiro atoms. The van der Waals surface area contributed by atoms with Gasteiger partial charge in [0.2, 0.25) is 5.82 Å². The van der Waals surface area contributed by atoms with E-state index in [0.717, 1.165) is 16.9 Å².